The van der Waals surface area contributed by atoms with Crippen LogP contribution in [0, 0.1) is 0 Å². The summed E-state index contributed by atoms with van der Waals surface area (Å²) in [5.74, 6) is -3.72. The molecule has 0 aliphatic carbocycles. The van der Waals surface area contributed by atoms with E-state index in [0.29, 0.717) is 29.2 Å². The van der Waals surface area contributed by atoms with Crippen LogP contribution in [0.2, 0.25) is 0 Å². The number of amides is 2. The van der Waals surface area contributed by atoms with Gasteiger partial charge in [-0.15, -0.1) is 0 Å². The van der Waals surface area contributed by atoms with Gasteiger partial charge >= 0.3 is 30.6 Å². The van der Waals surface area contributed by atoms with Crippen LogP contribution in [0.1, 0.15) is 71.9 Å². The largest absolute Gasteiger partial charge is 0.480 e. The highest BCUT2D eigenvalue weighted by Crippen LogP contribution is 2.47. The number of carbonyl (C=O) groups is 3. The summed E-state index contributed by atoms with van der Waals surface area (Å²) in [4.78, 5) is 45.4. The average Bonchev–Trinajstić information content (AvgIpc) is 3.04. The van der Waals surface area contributed by atoms with E-state index in [1.165, 1.54) is 13.8 Å². The van der Waals surface area contributed by atoms with Gasteiger partial charge in [-0.05, 0) is 67.3 Å². The van der Waals surface area contributed by atoms with Crippen molar-refractivity contribution in [3.63, 3.8) is 0 Å². The molecule has 52 heavy (non-hydrogen) atoms. The second-order valence-corrected chi connectivity index (χ2v) is 11.6. The number of halogens is 9. The van der Waals surface area contributed by atoms with Crippen LogP contribution in [0.4, 0.5) is 50.0 Å². The lowest BCUT2D eigenvalue weighted by atomic mass is 9.80. The van der Waals surface area contributed by atoms with Crippen LogP contribution in [0.15, 0.2) is 42.6 Å². The number of hydrogen-bond donors (Lipinski definition) is 3. The molecule has 0 unspecified atom stereocenters. The highest BCUT2D eigenvalue weighted by molar-refractivity contribution is 5.90. The highest BCUT2D eigenvalue weighted by Gasteiger charge is 2.47. The maximum Gasteiger partial charge on any atom is 0.416 e. The molecule has 2 atom stereocenters. The zero-order valence-corrected chi connectivity index (χ0v) is 27.2. The number of carbonyl (C=O) groups excluding carboxylic acids is 2. The molecule has 0 fully saturated rings. The molecular weight excluding hydrogens is 721 g/mol. The van der Waals surface area contributed by atoms with Crippen LogP contribution in [-0.4, -0.2) is 58.5 Å². The van der Waals surface area contributed by atoms with Crippen molar-refractivity contribution in [2.45, 2.75) is 63.2 Å². The molecule has 11 nitrogen and oxygen atoms in total. The Morgan fingerprint density at radius 2 is 1.58 bits per heavy atom. The molecule has 2 amide bonds. The number of nitrogens with one attached hydrogen (secondary N) is 1. The molecular formula is C32H30F9N5O6. The predicted molar refractivity (Wildman–Crippen MR) is 162 cm³/mol. The van der Waals surface area contributed by atoms with E-state index in [2.05, 4.69) is 15.3 Å². The molecule has 20 heteroatoms. The predicted octanol–water partition coefficient (Wildman–Crippen LogP) is 6.27. The Kier molecular flexibility index (Phi) is 11.3. The van der Waals surface area contributed by atoms with Gasteiger partial charge < -0.3 is 25.6 Å². The lowest BCUT2D eigenvalue weighted by molar-refractivity contribution is -0.144. The molecule has 3 aromatic rings. The molecule has 0 bridgehead atoms. The van der Waals surface area contributed by atoms with E-state index in [0.717, 1.165) is 12.3 Å². The number of nitrogens with two attached hydrogens (primary N) is 1. The summed E-state index contributed by atoms with van der Waals surface area (Å²) < 4.78 is 134. The topological polar surface area (TPSA) is 157 Å². The standard InChI is InChI=1S/C32H30F9N5O6/c1-3-29(42)12-21(20-11-17(30(33,34)35)5-6-23(20)46(29)28(49)50)27-44-13-24(52-15-25(47)43-14-26(48)51-4-2)22(45-27)9-16-7-18(31(36,37)38)10-19(8-16)32(39,40)41/h5-8,10-11,13,21H,3-4,9,12,14-15,42H2,1-2H3,(H,43,47)(H,49,50)/t21-,29+/m0/s1. The first-order chi connectivity index (χ1) is 24.1. The molecule has 1 aliphatic heterocycles. The van der Waals surface area contributed by atoms with E-state index in [4.69, 9.17) is 15.2 Å². The van der Waals surface area contributed by atoms with Crippen molar-refractivity contribution in [1.82, 2.24) is 15.3 Å². The fourth-order valence-electron chi connectivity index (χ4n) is 5.56. The second-order valence-electron chi connectivity index (χ2n) is 11.6. The maximum absolute atomic E-state index is 13.8. The Morgan fingerprint density at radius 3 is 2.12 bits per heavy atom. The minimum absolute atomic E-state index is 0.0186. The number of fused-ring (bicyclic) bond motifs is 1. The third-order valence-corrected chi connectivity index (χ3v) is 8.05. The van der Waals surface area contributed by atoms with Crippen LogP contribution in [0.5, 0.6) is 5.75 Å². The van der Waals surface area contributed by atoms with Gasteiger partial charge in [0.2, 0.25) is 0 Å². The van der Waals surface area contributed by atoms with Crippen molar-refractivity contribution in [2.75, 3.05) is 24.7 Å². The molecule has 0 saturated carbocycles. The van der Waals surface area contributed by atoms with Gasteiger partial charge in [-0.2, -0.15) is 39.5 Å². The number of rotatable bonds is 10. The van der Waals surface area contributed by atoms with Gasteiger partial charge in [0.1, 0.15) is 18.0 Å². The normalized spacial score (nSPS) is 17.7. The number of ether oxygens (including phenoxy) is 2. The number of nitrogens with zero attached hydrogens (tertiary/aromatic N) is 3. The summed E-state index contributed by atoms with van der Waals surface area (Å²) in [6, 6.07) is 3.02. The summed E-state index contributed by atoms with van der Waals surface area (Å²) in [6.45, 7) is 1.65. The molecule has 4 N–H and O–H groups in total. The third-order valence-electron chi connectivity index (χ3n) is 8.05. The average molecular weight is 752 g/mol. The number of aromatic nitrogens is 2. The number of alkyl halides is 9. The van der Waals surface area contributed by atoms with Crippen molar-refractivity contribution in [2.24, 2.45) is 5.73 Å². The SMILES string of the molecule is CCOC(=O)CNC(=O)COc1cnc([C@H]2C[C@@](N)(CC)N(C(=O)O)c3ccc(C(F)(F)F)cc32)nc1Cc1cc(C(F)(F)F)cc(C(F)(F)F)c1. The van der Waals surface area contributed by atoms with E-state index in [-0.39, 0.29) is 41.9 Å². The van der Waals surface area contributed by atoms with E-state index in [9.17, 15) is 59.0 Å². The first kappa shape index (κ1) is 39.6. The quantitative estimate of drug-likeness (QED) is 0.161. The first-order valence-corrected chi connectivity index (χ1v) is 15.3. The number of anilines is 1. The molecule has 282 valence electrons. The molecule has 4 rings (SSSR count). The number of esters is 1. The molecule has 0 saturated heterocycles. The van der Waals surface area contributed by atoms with Gasteiger partial charge in [-0.1, -0.05) is 6.92 Å². The van der Waals surface area contributed by atoms with Crippen LogP contribution in [0.3, 0.4) is 0 Å². The second kappa shape index (κ2) is 14.8. The first-order valence-electron chi connectivity index (χ1n) is 15.3. The summed E-state index contributed by atoms with van der Waals surface area (Å²) >= 11 is 0. The highest BCUT2D eigenvalue weighted by atomic mass is 19.4. The van der Waals surface area contributed by atoms with Crippen LogP contribution in [0.25, 0.3) is 0 Å². The van der Waals surface area contributed by atoms with Crippen molar-refractivity contribution < 1.29 is 68.5 Å². The minimum Gasteiger partial charge on any atom is -0.480 e. The molecule has 2 heterocycles. The summed E-state index contributed by atoms with van der Waals surface area (Å²) in [6.07, 6.45) is -17.2. The smallest absolute Gasteiger partial charge is 0.416 e. The van der Waals surface area contributed by atoms with Gasteiger partial charge in [0.25, 0.3) is 5.91 Å². The lowest BCUT2D eigenvalue weighted by Gasteiger charge is -2.46. The maximum atomic E-state index is 13.8. The summed E-state index contributed by atoms with van der Waals surface area (Å²) in [7, 11) is 0. The summed E-state index contributed by atoms with van der Waals surface area (Å²) in [5, 5.41) is 12.2. The fourth-order valence-corrected chi connectivity index (χ4v) is 5.56. The number of benzene rings is 2. The molecule has 1 aliphatic rings. The number of carboxylic acid groups (broad SMARTS) is 1. The molecule has 1 aromatic heterocycles. The Labute approximate surface area is 288 Å². The Hall–Kier alpha value is -5.14. The van der Waals surface area contributed by atoms with E-state index >= 15 is 0 Å². The zero-order valence-electron chi connectivity index (χ0n) is 27.2. The van der Waals surface area contributed by atoms with Gasteiger partial charge in [-0.25, -0.2) is 14.8 Å². The Balaban J connectivity index is 1.86. The van der Waals surface area contributed by atoms with Crippen molar-refractivity contribution in [3.8, 4) is 5.75 Å². The van der Waals surface area contributed by atoms with Gasteiger partial charge in [0.15, 0.2) is 12.4 Å². The monoisotopic (exact) mass is 751 g/mol. The van der Waals surface area contributed by atoms with Crippen molar-refractivity contribution in [1.29, 1.82) is 0 Å². The van der Waals surface area contributed by atoms with Crippen molar-refractivity contribution in [3.05, 3.63) is 81.9 Å². The van der Waals surface area contributed by atoms with E-state index in [1.807, 2.05) is 0 Å². The van der Waals surface area contributed by atoms with E-state index < -0.39 is 102 Å². The Bertz CT molecular complexity index is 1800. The minimum atomic E-state index is -5.20. The Morgan fingerprint density at radius 1 is 0.962 bits per heavy atom. The van der Waals surface area contributed by atoms with Crippen LogP contribution >= 0.6 is 0 Å². The third kappa shape index (κ3) is 9.01. The molecule has 2 aromatic carbocycles. The zero-order chi connectivity index (χ0) is 38.8. The van der Waals surface area contributed by atoms with Gasteiger partial charge in [0.05, 0.1) is 40.9 Å². The lowest BCUT2D eigenvalue weighted by Crippen LogP contribution is -2.61. The number of hydrogen-bond acceptors (Lipinski definition) is 8. The molecule has 0 spiro atoms. The van der Waals surface area contributed by atoms with Crippen LogP contribution < -0.4 is 20.7 Å². The van der Waals surface area contributed by atoms with E-state index in [1.54, 1.807) is 0 Å². The van der Waals surface area contributed by atoms with Gasteiger partial charge in [0, 0.05) is 12.3 Å². The van der Waals surface area contributed by atoms with Crippen molar-refractivity contribution >= 4 is 23.7 Å². The fraction of sp³-hybridized carbons (Fsp3) is 0.406. The molecule has 0 radical (unpaired) electrons. The van der Waals surface area contributed by atoms with Gasteiger partial charge in [-0.3, -0.25) is 14.5 Å². The van der Waals surface area contributed by atoms with Crippen LogP contribution in [-0.2, 0) is 39.3 Å². The summed E-state index contributed by atoms with van der Waals surface area (Å²) in [5.41, 5.74) is -1.13.